The fourth-order valence-corrected chi connectivity index (χ4v) is 1.75. The third-order valence-corrected chi connectivity index (χ3v) is 2.77. The Morgan fingerprint density at radius 2 is 1.70 bits per heavy atom. The van der Waals surface area contributed by atoms with E-state index in [4.69, 9.17) is 14.6 Å². The lowest BCUT2D eigenvalue weighted by Gasteiger charge is -2.10. The molecule has 0 aliphatic heterocycles. The Bertz CT molecular complexity index is 683. The molecule has 0 spiro atoms. The van der Waals surface area contributed by atoms with Gasteiger partial charge in [-0.2, -0.15) is 0 Å². The van der Waals surface area contributed by atoms with Crippen LogP contribution in [0.1, 0.15) is 10.4 Å². The quantitative estimate of drug-likeness (QED) is 0.916. The van der Waals surface area contributed by atoms with Gasteiger partial charge < -0.3 is 14.6 Å². The molecule has 0 fully saturated rings. The predicted molar refractivity (Wildman–Crippen MR) is 72.1 cm³/mol. The van der Waals surface area contributed by atoms with E-state index in [0.717, 1.165) is 0 Å². The average Bonchev–Trinajstić information content (AvgIpc) is 2.46. The van der Waals surface area contributed by atoms with Crippen LogP contribution in [0.2, 0.25) is 0 Å². The van der Waals surface area contributed by atoms with Gasteiger partial charge in [0.2, 0.25) is 0 Å². The van der Waals surface area contributed by atoms with Gasteiger partial charge in [-0.1, -0.05) is 0 Å². The minimum atomic E-state index is -1.10. The van der Waals surface area contributed by atoms with Crippen LogP contribution in [-0.2, 0) is 0 Å². The molecular weight excluding hydrogens is 262 g/mol. The van der Waals surface area contributed by atoms with E-state index in [1.54, 1.807) is 18.2 Å². The van der Waals surface area contributed by atoms with Crippen molar-refractivity contribution in [1.82, 2.24) is 4.57 Å². The van der Waals surface area contributed by atoms with Crippen molar-refractivity contribution in [1.29, 1.82) is 0 Å². The monoisotopic (exact) mass is 275 g/mol. The second-order valence-electron chi connectivity index (χ2n) is 4.00. The number of aromatic nitrogens is 1. The van der Waals surface area contributed by atoms with Crippen LogP contribution < -0.4 is 15.0 Å². The lowest BCUT2D eigenvalue weighted by Crippen LogP contribution is -2.18. The first-order chi connectivity index (χ1) is 9.55. The number of aromatic carboxylic acids is 1. The molecule has 2 aromatic rings. The molecule has 6 nitrogen and oxygen atoms in total. The summed E-state index contributed by atoms with van der Waals surface area (Å²) in [6.07, 6.45) is 1.26. The van der Waals surface area contributed by atoms with Crippen LogP contribution in [-0.4, -0.2) is 29.9 Å². The van der Waals surface area contributed by atoms with E-state index in [1.807, 2.05) is 0 Å². The Labute approximate surface area is 114 Å². The molecule has 104 valence electrons. The summed E-state index contributed by atoms with van der Waals surface area (Å²) in [5.41, 5.74) is 0.144. The maximum Gasteiger partial charge on any atom is 0.337 e. The number of benzene rings is 1. The zero-order valence-corrected chi connectivity index (χ0v) is 11.0. The highest BCUT2D eigenvalue weighted by Gasteiger charge is 2.09. The fraction of sp³-hybridized carbons (Fsp3) is 0.143. The fourth-order valence-electron chi connectivity index (χ4n) is 1.75. The molecule has 0 saturated heterocycles. The second-order valence-corrected chi connectivity index (χ2v) is 4.00. The standard InChI is InChI=1S/C14H13NO5/c1-19-11-5-10(6-12(7-11)20-2)15-8-9(14(17)18)3-4-13(15)16/h3-8H,1-2H3,(H,17,18). The third kappa shape index (κ3) is 2.64. The molecule has 1 aromatic heterocycles. The number of pyridine rings is 1. The zero-order valence-electron chi connectivity index (χ0n) is 11.0. The van der Waals surface area contributed by atoms with E-state index in [2.05, 4.69) is 0 Å². The molecule has 0 atom stereocenters. The molecular formula is C14H13NO5. The van der Waals surface area contributed by atoms with Gasteiger partial charge in [0.05, 0.1) is 25.5 Å². The highest BCUT2D eigenvalue weighted by atomic mass is 16.5. The van der Waals surface area contributed by atoms with Crippen molar-refractivity contribution in [3.05, 3.63) is 52.4 Å². The van der Waals surface area contributed by atoms with Crippen molar-refractivity contribution >= 4 is 5.97 Å². The molecule has 2 rings (SSSR count). The van der Waals surface area contributed by atoms with Crippen LogP contribution in [0.15, 0.2) is 41.3 Å². The molecule has 0 unspecified atom stereocenters. The lowest BCUT2D eigenvalue weighted by atomic mass is 10.2. The Hall–Kier alpha value is -2.76. The van der Waals surface area contributed by atoms with Gasteiger partial charge in [-0.3, -0.25) is 9.36 Å². The zero-order chi connectivity index (χ0) is 14.7. The molecule has 1 N–H and O–H groups in total. The van der Waals surface area contributed by atoms with Gasteiger partial charge in [0.15, 0.2) is 0 Å². The van der Waals surface area contributed by atoms with E-state index >= 15 is 0 Å². The normalized spacial score (nSPS) is 10.1. The van der Waals surface area contributed by atoms with Crippen molar-refractivity contribution in [2.45, 2.75) is 0 Å². The number of methoxy groups -OCH3 is 2. The van der Waals surface area contributed by atoms with Gasteiger partial charge in [-0.25, -0.2) is 4.79 Å². The van der Waals surface area contributed by atoms with Crippen molar-refractivity contribution in [3.8, 4) is 17.2 Å². The topological polar surface area (TPSA) is 77.8 Å². The number of carbonyl (C=O) groups is 1. The van der Waals surface area contributed by atoms with Crippen LogP contribution in [0.5, 0.6) is 11.5 Å². The number of hydrogen-bond acceptors (Lipinski definition) is 4. The maximum absolute atomic E-state index is 11.9. The van der Waals surface area contributed by atoms with Gasteiger partial charge >= 0.3 is 5.97 Å². The van der Waals surface area contributed by atoms with E-state index in [-0.39, 0.29) is 11.1 Å². The Morgan fingerprint density at radius 1 is 1.10 bits per heavy atom. The van der Waals surface area contributed by atoms with Crippen LogP contribution in [0.25, 0.3) is 5.69 Å². The number of nitrogens with zero attached hydrogens (tertiary/aromatic N) is 1. The summed E-state index contributed by atoms with van der Waals surface area (Å²) < 4.78 is 11.5. The van der Waals surface area contributed by atoms with E-state index in [0.29, 0.717) is 17.2 Å². The lowest BCUT2D eigenvalue weighted by molar-refractivity contribution is 0.0696. The molecule has 0 amide bonds. The summed E-state index contributed by atoms with van der Waals surface area (Å²) in [4.78, 5) is 22.9. The number of ether oxygens (including phenoxy) is 2. The van der Waals surface area contributed by atoms with Crippen molar-refractivity contribution in [2.75, 3.05) is 14.2 Å². The number of carboxylic acids is 1. The van der Waals surface area contributed by atoms with Crippen LogP contribution in [0.3, 0.4) is 0 Å². The van der Waals surface area contributed by atoms with E-state index in [9.17, 15) is 9.59 Å². The number of carboxylic acid groups (broad SMARTS) is 1. The van der Waals surface area contributed by atoms with Gasteiger partial charge in [0.25, 0.3) is 5.56 Å². The highest BCUT2D eigenvalue weighted by Crippen LogP contribution is 2.24. The smallest absolute Gasteiger partial charge is 0.337 e. The predicted octanol–water partition coefficient (Wildman–Crippen LogP) is 1.55. The minimum absolute atomic E-state index is 0.0198. The number of hydrogen-bond donors (Lipinski definition) is 1. The average molecular weight is 275 g/mol. The molecule has 0 aliphatic rings. The second kappa shape index (κ2) is 5.48. The Kier molecular flexibility index (Phi) is 3.74. The van der Waals surface area contributed by atoms with Gasteiger partial charge in [-0.05, 0) is 6.07 Å². The van der Waals surface area contributed by atoms with E-state index < -0.39 is 5.97 Å². The molecule has 1 heterocycles. The van der Waals surface area contributed by atoms with Crippen molar-refractivity contribution < 1.29 is 19.4 Å². The largest absolute Gasteiger partial charge is 0.497 e. The van der Waals surface area contributed by atoms with Crippen LogP contribution in [0.4, 0.5) is 0 Å². The molecule has 0 saturated carbocycles. The third-order valence-electron chi connectivity index (χ3n) is 2.77. The van der Waals surface area contributed by atoms with Gasteiger partial charge in [0.1, 0.15) is 11.5 Å². The summed E-state index contributed by atoms with van der Waals surface area (Å²) in [6, 6.07) is 7.37. The summed E-state index contributed by atoms with van der Waals surface area (Å²) in [6.45, 7) is 0. The van der Waals surface area contributed by atoms with Gasteiger partial charge in [-0.15, -0.1) is 0 Å². The molecule has 0 radical (unpaired) electrons. The Balaban J connectivity index is 2.63. The van der Waals surface area contributed by atoms with Gasteiger partial charge in [0, 0.05) is 30.5 Å². The molecule has 6 heteroatoms. The first kappa shape index (κ1) is 13.7. The SMILES string of the molecule is COc1cc(OC)cc(-n2cc(C(=O)O)ccc2=O)c1. The van der Waals surface area contributed by atoms with E-state index in [1.165, 1.54) is 37.1 Å². The number of rotatable bonds is 4. The summed E-state index contributed by atoms with van der Waals surface area (Å²) in [7, 11) is 2.99. The van der Waals surface area contributed by atoms with Crippen LogP contribution >= 0.6 is 0 Å². The molecule has 0 bridgehead atoms. The van der Waals surface area contributed by atoms with Crippen LogP contribution in [0, 0.1) is 0 Å². The van der Waals surface area contributed by atoms with Crippen molar-refractivity contribution in [3.63, 3.8) is 0 Å². The highest BCUT2D eigenvalue weighted by molar-refractivity contribution is 5.87. The first-order valence-electron chi connectivity index (χ1n) is 5.74. The first-order valence-corrected chi connectivity index (χ1v) is 5.74. The summed E-state index contributed by atoms with van der Waals surface area (Å²) in [5, 5.41) is 8.98. The summed E-state index contributed by atoms with van der Waals surface area (Å²) >= 11 is 0. The molecule has 20 heavy (non-hydrogen) atoms. The summed E-state index contributed by atoms with van der Waals surface area (Å²) in [5.74, 6) is -0.0902. The molecule has 0 aliphatic carbocycles. The molecule has 1 aromatic carbocycles. The maximum atomic E-state index is 11.9. The minimum Gasteiger partial charge on any atom is -0.497 e. The Morgan fingerprint density at radius 3 is 2.20 bits per heavy atom. The van der Waals surface area contributed by atoms with Crippen molar-refractivity contribution in [2.24, 2.45) is 0 Å².